The minimum absolute atomic E-state index is 0.0284. The van der Waals surface area contributed by atoms with Gasteiger partial charge in [-0.3, -0.25) is 9.59 Å². The molecule has 0 bridgehead atoms. The number of benzene rings is 2. The highest BCUT2D eigenvalue weighted by molar-refractivity contribution is 5.83. The minimum Gasteiger partial charge on any atom is -0.469 e. The molecule has 2 N–H and O–H groups in total. The van der Waals surface area contributed by atoms with Gasteiger partial charge in [-0.15, -0.1) is 0 Å². The summed E-state index contributed by atoms with van der Waals surface area (Å²) in [6.45, 7) is 4.93. The molecule has 7 nitrogen and oxygen atoms in total. The van der Waals surface area contributed by atoms with Crippen molar-refractivity contribution in [1.82, 2.24) is 10.6 Å². The first-order valence-electron chi connectivity index (χ1n) is 9.66. The summed E-state index contributed by atoms with van der Waals surface area (Å²) >= 11 is 0. The average molecular weight is 412 g/mol. The zero-order valence-corrected chi connectivity index (χ0v) is 17.7. The van der Waals surface area contributed by atoms with Crippen molar-refractivity contribution in [1.29, 1.82) is 0 Å². The molecule has 1 unspecified atom stereocenters. The molecule has 2 aromatic rings. The van der Waals surface area contributed by atoms with Crippen LogP contribution in [-0.2, 0) is 19.1 Å². The van der Waals surface area contributed by atoms with Crippen LogP contribution >= 0.6 is 0 Å². The van der Waals surface area contributed by atoms with Crippen LogP contribution in [-0.4, -0.2) is 37.2 Å². The lowest BCUT2D eigenvalue weighted by atomic mass is 9.99. The maximum Gasteiger partial charge on any atom is 0.408 e. The number of carbonyl (C=O) groups excluding carboxylic acids is 3. The first-order valence-corrected chi connectivity index (χ1v) is 9.66. The molecule has 0 heterocycles. The maximum atomic E-state index is 12.3. The number of esters is 1. The van der Waals surface area contributed by atoms with Crippen molar-refractivity contribution < 1.29 is 23.9 Å². The van der Waals surface area contributed by atoms with E-state index in [0.29, 0.717) is 0 Å². The Bertz CT molecular complexity index is 857. The van der Waals surface area contributed by atoms with E-state index in [2.05, 4.69) is 10.6 Å². The molecule has 30 heavy (non-hydrogen) atoms. The lowest BCUT2D eigenvalue weighted by Gasteiger charge is -2.21. The van der Waals surface area contributed by atoms with Gasteiger partial charge in [0, 0.05) is 0 Å². The van der Waals surface area contributed by atoms with E-state index in [1.165, 1.54) is 7.11 Å². The number of methoxy groups -OCH3 is 1. The van der Waals surface area contributed by atoms with E-state index in [9.17, 15) is 14.4 Å². The van der Waals surface area contributed by atoms with E-state index < -0.39 is 29.6 Å². The summed E-state index contributed by atoms with van der Waals surface area (Å²) in [5.41, 5.74) is 2.19. The van der Waals surface area contributed by atoms with Crippen molar-refractivity contribution in [3.63, 3.8) is 0 Å². The summed E-state index contributed by atoms with van der Waals surface area (Å²) in [6.07, 6.45) is -0.714. The van der Waals surface area contributed by atoms with Crippen LogP contribution in [0.5, 0.6) is 0 Å². The van der Waals surface area contributed by atoms with Crippen LogP contribution in [0.4, 0.5) is 4.79 Å². The lowest BCUT2D eigenvalue weighted by Crippen LogP contribution is -2.41. The largest absolute Gasteiger partial charge is 0.469 e. The normalized spacial score (nSPS) is 11.9. The zero-order valence-electron chi connectivity index (χ0n) is 17.7. The molecule has 0 saturated carbocycles. The van der Waals surface area contributed by atoms with Crippen molar-refractivity contribution in [2.24, 2.45) is 0 Å². The van der Waals surface area contributed by atoms with Crippen LogP contribution in [0.15, 0.2) is 54.6 Å². The molecule has 2 amide bonds. The highest BCUT2D eigenvalue weighted by Crippen LogP contribution is 2.23. The Hall–Kier alpha value is -3.35. The van der Waals surface area contributed by atoms with E-state index in [4.69, 9.17) is 9.47 Å². The molecule has 0 aliphatic carbocycles. The quantitative estimate of drug-likeness (QED) is 0.678. The van der Waals surface area contributed by atoms with Gasteiger partial charge in [-0.1, -0.05) is 54.6 Å². The second kappa shape index (κ2) is 10.4. The van der Waals surface area contributed by atoms with Crippen LogP contribution in [0.1, 0.15) is 38.8 Å². The summed E-state index contributed by atoms with van der Waals surface area (Å²) in [5.74, 6) is -0.894. The fourth-order valence-corrected chi connectivity index (χ4v) is 2.75. The average Bonchev–Trinajstić information content (AvgIpc) is 2.71. The molecule has 2 aromatic carbocycles. The van der Waals surface area contributed by atoms with Crippen LogP contribution in [0.2, 0.25) is 0 Å². The van der Waals surface area contributed by atoms with Gasteiger partial charge >= 0.3 is 12.1 Å². The summed E-state index contributed by atoms with van der Waals surface area (Å²) in [7, 11) is 1.30. The van der Waals surface area contributed by atoms with Crippen molar-refractivity contribution in [3.8, 4) is 11.1 Å². The number of amides is 2. The smallest absolute Gasteiger partial charge is 0.408 e. The Morgan fingerprint density at radius 2 is 1.53 bits per heavy atom. The SMILES string of the molecule is COC(=O)CC(NC(=O)CNC(=O)OC(C)(C)C)c1ccc(-c2ccccc2)cc1. The molecular formula is C23H28N2O5. The van der Waals surface area contributed by atoms with Gasteiger partial charge in [-0.25, -0.2) is 4.79 Å². The van der Waals surface area contributed by atoms with Crippen molar-refractivity contribution in [3.05, 3.63) is 60.2 Å². The number of carbonyl (C=O) groups is 3. The van der Waals surface area contributed by atoms with Crippen molar-refractivity contribution in [2.75, 3.05) is 13.7 Å². The number of alkyl carbamates (subject to hydrolysis) is 1. The van der Waals surface area contributed by atoms with Crippen LogP contribution < -0.4 is 10.6 Å². The van der Waals surface area contributed by atoms with Gasteiger partial charge in [0.05, 0.1) is 19.6 Å². The van der Waals surface area contributed by atoms with E-state index in [0.717, 1.165) is 16.7 Å². The fraction of sp³-hybridized carbons (Fsp3) is 0.348. The topological polar surface area (TPSA) is 93.7 Å². The Morgan fingerprint density at radius 1 is 0.933 bits per heavy atom. The number of ether oxygens (including phenoxy) is 2. The molecule has 0 radical (unpaired) electrons. The van der Waals surface area contributed by atoms with E-state index in [-0.39, 0.29) is 13.0 Å². The zero-order chi connectivity index (χ0) is 22.1. The van der Waals surface area contributed by atoms with Gasteiger partial charge in [0.25, 0.3) is 0 Å². The van der Waals surface area contributed by atoms with E-state index in [1.54, 1.807) is 20.8 Å². The molecule has 0 spiro atoms. The molecule has 1 atom stereocenters. The molecule has 0 fully saturated rings. The van der Waals surface area contributed by atoms with Gasteiger partial charge in [-0.2, -0.15) is 0 Å². The second-order valence-electron chi connectivity index (χ2n) is 7.74. The molecule has 0 saturated heterocycles. The van der Waals surface area contributed by atoms with Gasteiger partial charge in [0.1, 0.15) is 12.1 Å². The Morgan fingerprint density at radius 3 is 2.10 bits per heavy atom. The number of nitrogens with one attached hydrogen (secondary N) is 2. The van der Waals surface area contributed by atoms with Crippen LogP contribution in [0, 0.1) is 0 Å². The van der Waals surface area contributed by atoms with Gasteiger partial charge < -0.3 is 20.1 Å². The molecule has 2 rings (SSSR count). The van der Waals surface area contributed by atoms with Gasteiger partial charge in [0.15, 0.2) is 0 Å². The molecule has 7 heteroatoms. The monoisotopic (exact) mass is 412 g/mol. The first-order chi connectivity index (χ1) is 14.2. The predicted octanol–water partition coefficient (Wildman–Crippen LogP) is 3.60. The van der Waals surface area contributed by atoms with E-state index in [1.807, 2.05) is 54.6 Å². The highest BCUT2D eigenvalue weighted by atomic mass is 16.6. The molecule has 0 aliphatic rings. The van der Waals surface area contributed by atoms with Gasteiger partial charge in [-0.05, 0) is 37.5 Å². The molecule has 0 aliphatic heterocycles. The standard InChI is InChI=1S/C23H28N2O5/c1-23(2,3)30-22(28)24-15-20(26)25-19(14-21(27)29-4)18-12-10-17(11-13-18)16-8-6-5-7-9-16/h5-13,19H,14-15H2,1-4H3,(H,24,28)(H,25,26). The van der Waals surface area contributed by atoms with Crippen molar-refractivity contribution in [2.45, 2.75) is 38.8 Å². The highest BCUT2D eigenvalue weighted by Gasteiger charge is 2.21. The third-order valence-corrected chi connectivity index (χ3v) is 4.15. The molecule has 160 valence electrons. The third kappa shape index (κ3) is 7.58. The minimum atomic E-state index is -0.686. The maximum absolute atomic E-state index is 12.3. The third-order valence-electron chi connectivity index (χ3n) is 4.15. The Balaban J connectivity index is 2.05. The molecular weight excluding hydrogens is 384 g/mol. The van der Waals surface area contributed by atoms with Gasteiger partial charge in [0.2, 0.25) is 5.91 Å². The summed E-state index contributed by atoms with van der Waals surface area (Å²) in [6, 6.07) is 16.9. The van der Waals surface area contributed by atoms with E-state index >= 15 is 0 Å². The number of hydrogen-bond donors (Lipinski definition) is 2. The van der Waals surface area contributed by atoms with Crippen molar-refractivity contribution >= 4 is 18.0 Å². The second-order valence-corrected chi connectivity index (χ2v) is 7.74. The number of hydrogen-bond acceptors (Lipinski definition) is 5. The number of rotatable bonds is 7. The lowest BCUT2D eigenvalue weighted by molar-refractivity contribution is -0.141. The summed E-state index contributed by atoms with van der Waals surface area (Å²) in [5, 5.41) is 5.17. The first kappa shape index (κ1) is 22.9. The summed E-state index contributed by atoms with van der Waals surface area (Å²) < 4.78 is 9.86. The van der Waals surface area contributed by atoms with Crippen LogP contribution in [0.25, 0.3) is 11.1 Å². The fourth-order valence-electron chi connectivity index (χ4n) is 2.75. The van der Waals surface area contributed by atoms with Crippen LogP contribution in [0.3, 0.4) is 0 Å². The molecule has 0 aromatic heterocycles. The summed E-state index contributed by atoms with van der Waals surface area (Å²) in [4.78, 5) is 35.9. The predicted molar refractivity (Wildman–Crippen MR) is 114 cm³/mol. The Labute approximate surface area is 176 Å². The Kier molecular flexibility index (Phi) is 7.98.